The molecular formula is C33H37ClN6O2S. The van der Waals surface area contributed by atoms with Gasteiger partial charge < -0.3 is 25.4 Å². The van der Waals surface area contributed by atoms with Crippen LogP contribution in [0.5, 0.6) is 0 Å². The Balaban J connectivity index is 1.08. The van der Waals surface area contributed by atoms with E-state index in [-0.39, 0.29) is 17.2 Å². The number of fused-ring (bicyclic) bond motifs is 1. The van der Waals surface area contributed by atoms with Crippen LogP contribution in [-0.4, -0.2) is 68.1 Å². The molecule has 3 heterocycles. The molecule has 0 aliphatic heterocycles. The smallest absolute Gasteiger partial charge is 0.224 e. The highest BCUT2D eigenvalue weighted by atomic mass is 35.5. The van der Waals surface area contributed by atoms with Crippen LogP contribution in [0.2, 0.25) is 5.28 Å². The fraction of sp³-hybridized carbons (Fsp3) is 0.364. The molecule has 0 spiro atoms. The van der Waals surface area contributed by atoms with Crippen molar-refractivity contribution in [2.24, 2.45) is 5.92 Å². The summed E-state index contributed by atoms with van der Waals surface area (Å²) in [6.45, 7) is 3.36. The van der Waals surface area contributed by atoms with Gasteiger partial charge in [-0.2, -0.15) is 4.98 Å². The first kappa shape index (κ1) is 29.9. The van der Waals surface area contributed by atoms with Gasteiger partial charge in [0.15, 0.2) is 0 Å². The summed E-state index contributed by atoms with van der Waals surface area (Å²) in [6.07, 6.45) is 5.33. The van der Waals surface area contributed by atoms with Crippen molar-refractivity contribution in [1.29, 1.82) is 0 Å². The molecule has 0 unspecified atom stereocenters. The monoisotopic (exact) mass is 616 g/mol. The zero-order valence-electron chi connectivity index (χ0n) is 23.9. The Labute approximate surface area is 260 Å². The van der Waals surface area contributed by atoms with Gasteiger partial charge in [0.05, 0.1) is 17.8 Å². The fourth-order valence-electron chi connectivity index (χ4n) is 5.95. The van der Waals surface area contributed by atoms with Gasteiger partial charge in [-0.3, -0.25) is 0 Å². The summed E-state index contributed by atoms with van der Waals surface area (Å²) >= 11 is 7.80. The summed E-state index contributed by atoms with van der Waals surface area (Å²) in [6, 6.07) is 20.4. The third kappa shape index (κ3) is 7.15. The highest BCUT2D eigenvalue weighted by Gasteiger charge is 2.43. The summed E-state index contributed by atoms with van der Waals surface area (Å²) in [4.78, 5) is 13.7. The van der Waals surface area contributed by atoms with Gasteiger partial charge in [-0.25, -0.2) is 9.97 Å². The van der Waals surface area contributed by atoms with E-state index in [9.17, 15) is 10.2 Å². The van der Waals surface area contributed by atoms with E-state index < -0.39 is 12.2 Å². The van der Waals surface area contributed by atoms with Gasteiger partial charge in [0.25, 0.3) is 0 Å². The van der Waals surface area contributed by atoms with Crippen molar-refractivity contribution in [3.8, 4) is 10.6 Å². The second-order valence-electron chi connectivity index (χ2n) is 11.2. The Hall–Kier alpha value is -3.18. The largest absolute Gasteiger partial charge is 0.390 e. The second kappa shape index (κ2) is 14.1. The van der Waals surface area contributed by atoms with E-state index in [4.69, 9.17) is 16.6 Å². The number of aliphatic hydroxyl groups is 2. The predicted molar refractivity (Wildman–Crippen MR) is 173 cm³/mol. The number of halogens is 1. The van der Waals surface area contributed by atoms with Crippen molar-refractivity contribution in [3.63, 3.8) is 0 Å². The van der Waals surface area contributed by atoms with Gasteiger partial charge in [0.1, 0.15) is 16.8 Å². The van der Waals surface area contributed by atoms with Gasteiger partial charge in [0, 0.05) is 47.6 Å². The van der Waals surface area contributed by atoms with E-state index in [0.29, 0.717) is 18.6 Å². The Kier molecular flexibility index (Phi) is 9.77. The molecule has 2 aromatic carbocycles. The zero-order chi connectivity index (χ0) is 29.6. The van der Waals surface area contributed by atoms with Crippen molar-refractivity contribution in [1.82, 2.24) is 30.2 Å². The first-order valence-corrected chi connectivity index (χ1v) is 16.2. The van der Waals surface area contributed by atoms with Gasteiger partial charge >= 0.3 is 0 Å². The van der Waals surface area contributed by atoms with Crippen LogP contribution in [0.4, 0.5) is 0 Å². The molecule has 0 bridgehead atoms. The van der Waals surface area contributed by atoms with Crippen LogP contribution in [0.25, 0.3) is 21.6 Å². The maximum atomic E-state index is 11.2. The van der Waals surface area contributed by atoms with Crippen molar-refractivity contribution < 1.29 is 10.2 Å². The lowest BCUT2D eigenvalue weighted by molar-refractivity contribution is 0.00695. The van der Waals surface area contributed by atoms with E-state index in [1.807, 2.05) is 35.0 Å². The highest BCUT2D eigenvalue weighted by Crippen LogP contribution is 2.40. The van der Waals surface area contributed by atoms with E-state index in [1.54, 1.807) is 17.5 Å². The van der Waals surface area contributed by atoms with Crippen LogP contribution >= 0.6 is 22.9 Å². The summed E-state index contributed by atoms with van der Waals surface area (Å²) in [5.41, 5.74) is 5.09. The zero-order valence-corrected chi connectivity index (χ0v) is 25.5. The Morgan fingerprint density at radius 2 is 1.65 bits per heavy atom. The second-order valence-corrected chi connectivity index (χ2v) is 12.4. The summed E-state index contributed by atoms with van der Waals surface area (Å²) in [5.74, 6) is -0.0819. The number of aromatic nitrogens is 4. The molecule has 43 heavy (non-hydrogen) atoms. The molecule has 0 saturated heterocycles. The molecule has 1 aliphatic rings. The molecule has 224 valence electrons. The lowest BCUT2D eigenvalue weighted by Gasteiger charge is -2.19. The molecule has 5 aromatic rings. The van der Waals surface area contributed by atoms with Crippen LogP contribution in [0, 0.1) is 5.92 Å². The molecule has 1 saturated carbocycles. The van der Waals surface area contributed by atoms with Gasteiger partial charge in [-0.05, 0) is 61.6 Å². The normalized spacial score (nSPS) is 20.3. The minimum Gasteiger partial charge on any atom is -0.390 e. The average molecular weight is 617 g/mol. The first-order chi connectivity index (χ1) is 21.1. The molecule has 1 aliphatic carbocycles. The number of nitrogens with one attached hydrogen (secondary N) is 2. The van der Waals surface area contributed by atoms with Crippen LogP contribution in [0.1, 0.15) is 35.7 Å². The molecule has 0 radical (unpaired) electrons. The molecule has 3 aromatic heterocycles. The van der Waals surface area contributed by atoms with Gasteiger partial charge in [0.2, 0.25) is 5.28 Å². The molecular weight excluding hydrogens is 580 g/mol. The van der Waals surface area contributed by atoms with E-state index >= 15 is 0 Å². The Bertz CT molecular complexity index is 1610. The van der Waals surface area contributed by atoms with Gasteiger partial charge in [-0.15, -0.1) is 11.3 Å². The van der Waals surface area contributed by atoms with Gasteiger partial charge in [-0.1, -0.05) is 60.7 Å². The summed E-state index contributed by atoms with van der Waals surface area (Å²) in [7, 11) is 0. The van der Waals surface area contributed by atoms with Crippen molar-refractivity contribution in [2.45, 2.75) is 43.9 Å². The van der Waals surface area contributed by atoms with Crippen molar-refractivity contribution in [2.75, 3.05) is 26.2 Å². The first-order valence-electron chi connectivity index (χ1n) is 14.9. The Morgan fingerprint density at radius 3 is 2.44 bits per heavy atom. The molecule has 6 rings (SSSR count). The number of benzene rings is 2. The number of aliphatic hydroxyl groups excluding tert-OH is 2. The topological polar surface area (TPSA) is 108 Å². The third-order valence-corrected chi connectivity index (χ3v) is 9.33. The molecule has 0 amide bonds. The maximum absolute atomic E-state index is 11.2. The summed E-state index contributed by atoms with van der Waals surface area (Å²) in [5, 5.41) is 33.0. The maximum Gasteiger partial charge on any atom is 0.224 e. The molecule has 8 nitrogen and oxygen atoms in total. The minimum absolute atomic E-state index is 0.0819. The van der Waals surface area contributed by atoms with Crippen molar-refractivity contribution >= 4 is 34.0 Å². The third-order valence-electron chi connectivity index (χ3n) is 8.23. The molecule has 10 heteroatoms. The van der Waals surface area contributed by atoms with Crippen LogP contribution < -0.4 is 10.6 Å². The van der Waals surface area contributed by atoms with Crippen LogP contribution in [0.15, 0.2) is 78.4 Å². The van der Waals surface area contributed by atoms with E-state index in [0.717, 1.165) is 60.5 Å². The number of nitrogens with zero attached hydrogens (tertiary/aromatic N) is 4. The van der Waals surface area contributed by atoms with Crippen LogP contribution in [-0.2, 0) is 12.8 Å². The Morgan fingerprint density at radius 1 is 0.907 bits per heavy atom. The SMILES string of the molecule is O[C@@H]1[C@@H](CNCCCNCCc2ccccc2)C[C@@H](n2cc(-c3nc(Cc4ccccc4)cs3)c3cnc(Cl)nc32)[C@@H]1O. The number of hydrogen-bond acceptors (Lipinski definition) is 8. The van der Waals surface area contributed by atoms with E-state index in [1.165, 1.54) is 11.1 Å². The molecule has 1 fully saturated rings. The number of thiazole rings is 1. The fourth-order valence-corrected chi connectivity index (χ4v) is 6.93. The van der Waals surface area contributed by atoms with Crippen LogP contribution in [0.3, 0.4) is 0 Å². The minimum atomic E-state index is -0.923. The summed E-state index contributed by atoms with van der Waals surface area (Å²) < 4.78 is 1.96. The average Bonchev–Trinajstić information content (AvgIpc) is 3.71. The van der Waals surface area contributed by atoms with E-state index in [2.05, 4.69) is 62.4 Å². The number of rotatable bonds is 13. The molecule has 4 atom stereocenters. The number of hydrogen-bond donors (Lipinski definition) is 4. The van der Waals surface area contributed by atoms with Crippen molar-refractivity contribution in [3.05, 3.63) is 101 Å². The lowest BCUT2D eigenvalue weighted by atomic mass is 10.1. The lowest BCUT2D eigenvalue weighted by Crippen LogP contribution is -2.34. The highest BCUT2D eigenvalue weighted by molar-refractivity contribution is 7.13. The quantitative estimate of drug-likeness (QED) is 0.110. The standard InChI is InChI=1S/C33H37ClN6O2S/c34-33-37-19-26-27(32-38-25(21-43-32)16-23-10-5-2-6-11-23)20-40(31(26)39-33)28-17-24(29(41)30(28)42)18-36-14-7-13-35-15-12-22-8-3-1-4-9-22/h1-6,8-11,19-21,24,28-30,35-36,41-42H,7,12-18H2/t24-,28-,29-,30+/m1/s1. The molecule has 4 N–H and O–H groups in total. The predicted octanol–water partition coefficient (Wildman–Crippen LogP) is 4.89.